The van der Waals surface area contributed by atoms with E-state index in [1.807, 2.05) is 0 Å². The molecule has 0 fully saturated rings. The summed E-state index contributed by atoms with van der Waals surface area (Å²) < 4.78 is 46.0. The van der Waals surface area contributed by atoms with Crippen molar-refractivity contribution in [3.63, 3.8) is 0 Å². The molecule has 0 spiro atoms. The molecule has 0 aliphatic heterocycles. The maximum atomic E-state index is 13.1. The lowest BCUT2D eigenvalue weighted by atomic mass is 10.1. The van der Waals surface area contributed by atoms with Crippen molar-refractivity contribution in [3.8, 4) is 11.3 Å². The topological polar surface area (TPSA) is 68.8 Å². The molecule has 0 aliphatic carbocycles. The largest absolute Gasteiger partial charge is 0.467 e. The molecule has 1 N–H and O–H groups in total. The molecule has 0 saturated carbocycles. The second-order valence-corrected chi connectivity index (χ2v) is 5.19. The standard InChI is InChI=1S/C15H14F3N5O/c1-9-11(8-23(2)22-9)12-6-13(15(16,17)18)21-14(20-12)19-7-10-4-3-5-24-10/h3-6,8H,7H2,1-2H3,(H,19,20,21). The average Bonchev–Trinajstić information content (AvgIpc) is 3.13. The summed E-state index contributed by atoms with van der Waals surface area (Å²) >= 11 is 0. The molecule has 3 rings (SSSR count). The van der Waals surface area contributed by atoms with E-state index in [1.54, 1.807) is 32.3 Å². The van der Waals surface area contributed by atoms with Gasteiger partial charge in [-0.05, 0) is 25.1 Å². The van der Waals surface area contributed by atoms with E-state index in [9.17, 15) is 13.2 Å². The Morgan fingerprint density at radius 1 is 1.29 bits per heavy atom. The summed E-state index contributed by atoms with van der Waals surface area (Å²) in [5.41, 5.74) is 0.246. The Morgan fingerprint density at radius 2 is 2.08 bits per heavy atom. The molecule has 0 radical (unpaired) electrons. The predicted molar refractivity (Wildman–Crippen MR) is 80.0 cm³/mol. The minimum atomic E-state index is -4.57. The van der Waals surface area contributed by atoms with Gasteiger partial charge in [0.25, 0.3) is 0 Å². The summed E-state index contributed by atoms with van der Waals surface area (Å²) in [5, 5.41) is 6.89. The monoisotopic (exact) mass is 337 g/mol. The van der Waals surface area contributed by atoms with Gasteiger partial charge < -0.3 is 9.73 Å². The number of alkyl halides is 3. The minimum Gasteiger partial charge on any atom is -0.467 e. The highest BCUT2D eigenvalue weighted by molar-refractivity contribution is 5.62. The van der Waals surface area contributed by atoms with Gasteiger partial charge in [-0.15, -0.1) is 0 Å². The molecule has 3 aromatic rings. The Morgan fingerprint density at radius 3 is 2.67 bits per heavy atom. The van der Waals surface area contributed by atoms with Gasteiger partial charge in [0, 0.05) is 18.8 Å². The van der Waals surface area contributed by atoms with Crippen molar-refractivity contribution >= 4 is 5.95 Å². The van der Waals surface area contributed by atoms with E-state index in [0.717, 1.165) is 6.07 Å². The van der Waals surface area contributed by atoms with Crippen molar-refractivity contribution in [1.29, 1.82) is 0 Å². The molecule has 24 heavy (non-hydrogen) atoms. The number of furan rings is 1. The van der Waals surface area contributed by atoms with E-state index < -0.39 is 11.9 Å². The molecule has 0 aromatic carbocycles. The van der Waals surface area contributed by atoms with E-state index >= 15 is 0 Å². The smallest absolute Gasteiger partial charge is 0.433 e. The fraction of sp³-hybridized carbons (Fsp3) is 0.267. The van der Waals surface area contributed by atoms with Crippen molar-refractivity contribution in [2.45, 2.75) is 19.6 Å². The molecular weight excluding hydrogens is 323 g/mol. The summed E-state index contributed by atoms with van der Waals surface area (Å²) in [6.07, 6.45) is -1.47. The second-order valence-electron chi connectivity index (χ2n) is 5.19. The molecule has 6 nitrogen and oxygen atoms in total. The van der Waals surface area contributed by atoms with Crippen LogP contribution in [0.3, 0.4) is 0 Å². The van der Waals surface area contributed by atoms with Crippen molar-refractivity contribution in [1.82, 2.24) is 19.7 Å². The Labute approximate surface area is 135 Å². The highest BCUT2D eigenvalue weighted by Crippen LogP contribution is 2.31. The highest BCUT2D eigenvalue weighted by atomic mass is 19.4. The first-order valence-corrected chi connectivity index (χ1v) is 7.06. The van der Waals surface area contributed by atoms with Crippen LogP contribution in [0.1, 0.15) is 17.1 Å². The molecule has 0 bridgehead atoms. The van der Waals surface area contributed by atoms with Gasteiger partial charge in [-0.25, -0.2) is 9.97 Å². The third kappa shape index (κ3) is 3.39. The number of hydrogen-bond donors (Lipinski definition) is 1. The van der Waals surface area contributed by atoms with Crippen molar-refractivity contribution in [3.05, 3.63) is 47.8 Å². The molecule has 126 valence electrons. The quantitative estimate of drug-likeness (QED) is 0.790. The zero-order valence-electron chi connectivity index (χ0n) is 12.9. The second kappa shape index (κ2) is 5.99. The number of nitrogens with zero attached hydrogens (tertiary/aromatic N) is 4. The van der Waals surface area contributed by atoms with Crippen molar-refractivity contribution in [2.24, 2.45) is 7.05 Å². The van der Waals surface area contributed by atoms with E-state index in [0.29, 0.717) is 17.0 Å². The summed E-state index contributed by atoms with van der Waals surface area (Å²) in [5.74, 6) is 0.439. The fourth-order valence-corrected chi connectivity index (χ4v) is 2.24. The van der Waals surface area contributed by atoms with Gasteiger partial charge in [0.1, 0.15) is 5.76 Å². The van der Waals surface area contributed by atoms with E-state index in [-0.39, 0.29) is 18.2 Å². The van der Waals surface area contributed by atoms with Gasteiger partial charge in [0.05, 0.1) is 24.2 Å². The normalized spacial score (nSPS) is 11.7. The van der Waals surface area contributed by atoms with Crippen LogP contribution in [0, 0.1) is 6.92 Å². The van der Waals surface area contributed by atoms with Crippen LogP contribution in [-0.2, 0) is 19.8 Å². The average molecular weight is 337 g/mol. The van der Waals surface area contributed by atoms with Crippen LogP contribution >= 0.6 is 0 Å². The van der Waals surface area contributed by atoms with Crippen LogP contribution in [0.15, 0.2) is 35.1 Å². The van der Waals surface area contributed by atoms with Gasteiger partial charge in [-0.3, -0.25) is 4.68 Å². The van der Waals surface area contributed by atoms with Crippen LogP contribution in [-0.4, -0.2) is 19.7 Å². The number of halogens is 3. The Bertz CT molecular complexity index is 839. The zero-order chi connectivity index (χ0) is 17.3. The first-order chi connectivity index (χ1) is 11.3. The van der Waals surface area contributed by atoms with Gasteiger partial charge in [0.2, 0.25) is 5.95 Å². The van der Waals surface area contributed by atoms with E-state index in [2.05, 4.69) is 20.4 Å². The lowest BCUT2D eigenvalue weighted by Gasteiger charge is -2.11. The fourth-order valence-electron chi connectivity index (χ4n) is 2.24. The van der Waals surface area contributed by atoms with Crippen LogP contribution in [0.2, 0.25) is 0 Å². The van der Waals surface area contributed by atoms with Gasteiger partial charge in [-0.2, -0.15) is 18.3 Å². The number of aromatic nitrogens is 4. The number of hydrogen-bond acceptors (Lipinski definition) is 5. The minimum absolute atomic E-state index is 0.125. The number of nitrogens with one attached hydrogen (secondary N) is 1. The lowest BCUT2D eigenvalue weighted by Crippen LogP contribution is -2.12. The Kier molecular flexibility index (Phi) is 4.00. The van der Waals surface area contributed by atoms with Crippen LogP contribution < -0.4 is 5.32 Å². The third-order valence-electron chi connectivity index (χ3n) is 3.31. The van der Waals surface area contributed by atoms with Crippen molar-refractivity contribution < 1.29 is 17.6 Å². The van der Waals surface area contributed by atoms with E-state index in [4.69, 9.17) is 4.42 Å². The lowest BCUT2D eigenvalue weighted by molar-refractivity contribution is -0.141. The van der Waals surface area contributed by atoms with E-state index in [1.165, 1.54) is 10.9 Å². The van der Waals surface area contributed by atoms with Crippen LogP contribution in [0.5, 0.6) is 0 Å². The highest BCUT2D eigenvalue weighted by Gasteiger charge is 2.34. The first-order valence-electron chi connectivity index (χ1n) is 7.06. The maximum Gasteiger partial charge on any atom is 0.433 e. The molecule has 0 unspecified atom stereocenters. The number of rotatable bonds is 4. The van der Waals surface area contributed by atoms with Gasteiger partial charge >= 0.3 is 6.18 Å². The predicted octanol–water partition coefficient (Wildman–Crippen LogP) is 3.41. The molecule has 0 saturated heterocycles. The van der Waals surface area contributed by atoms with Crippen LogP contribution in [0.4, 0.5) is 19.1 Å². The van der Waals surface area contributed by atoms with Crippen LogP contribution in [0.25, 0.3) is 11.3 Å². The zero-order valence-corrected chi connectivity index (χ0v) is 12.9. The molecule has 9 heteroatoms. The number of anilines is 1. The maximum absolute atomic E-state index is 13.1. The molecule has 3 aromatic heterocycles. The molecule has 3 heterocycles. The summed E-state index contributed by atoms with van der Waals surface area (Å²) in [6.45, 7) is 1.89. The Hall–Kier alpha value is -2.84. The summed E-state index contributed by atoms with van der Waals surface area (Å²) in [6, 6.07) is 4.31. The van der Waals surface area contributed by atoms with Crippen molar-refractivity contribution in [2.75, 3.05) is 5.32 Å². The number of aryl methyl sites for hydroxylation is 2. The molecular formula is C15H14F3N5O. The van der Waals surface area contributed by atoms with Gasteiger partial charge in [-0.1, -0.05) is 0 Å². The summed E-state index contributed by atoms with van der Waals surface area (Å²) in [4.78, 5) is 7.72. The molecule has 0 atom stereocenters. The third-order valence-corrected chi connectivity index (χ3v) is 3.31. The molecule has 0 amide bonds. The first kappa shape index (κ1) is 16.0. The summed E-state index contributed by atoms with van der Waals surface area (Å²) in [7, 11) is 1.69. The Balaban J connectivity index is 1.99. The molecule has 0 aliphatic rings. The van der Waals surface area contributed by atoms with Gasteiger partial charge in [0.15, 0.2) is 5.69 Å². The SMILES string of the molecule is Cc1nn(C)cc1-c1cc(C(F)(F)F)nc(NCc2ccco2)n1.